The summed E-state index contributed by atoms with van der Waals surface area (Å²) in [6, 6.07) is 11.7. The van der Waals surface area contributed by atoms with Gasteiger partial charge in [0.1, 0.15) is 5.75 Å². The second-order valence-electron chi connectivity index (χ2n) is 6.30. The Balaban J connectivity index is 1.67. The van der Waals surface area contributed by atoms with Crippen molar-refractivity contribution in [3.63, 3.8) is 0 Å². The molecule has 0 spiro atoms. The van der Waals surface area contributed by atoms with Crippen molar-refractivity contribution in [1.29, 1.82) is 0 Å². The number of ether oxygens (including phenoxy) is 1. The van der Waals surface area contributed by atoms with Gasteiger partial charge in [-0.05, 0) is 42.5 Å². The lowest BCUT2D eigenvalue weighted by Crippen LogP contribution is -2.37. The number of benzene rings is 2. The molecule has 0 bridgehead atoms. The molecule has 0 atom stereocenters. The van der Waals surface area contributed by atoms with E-state index in [2.05, 4.69) is 10.2 Å². The number of rotatable bonds is 5. The van der Waals surface area contributed by atoms with Crippen molar-refractivity contribution in [2.24, 2.45) is 0 Å². The summed E-state index contributed by atoms with van der Waals surface area (Å²) in [5.74, 6) is 2.75. The standard InChI is InChI=1S/C19H18ClN3O4S2/c1-26-14-4-2-13(3-5-14)18-21-22-19(27-18)16-12-15(6-7-17(16)20)29(24,25)23-8-10-28-11-9-23/h2-7,12H,8-11H2,1H3. The molecule has 1 saturated heterocycles. The van der Waals surface area contributed by atoms with Gasteiger partial charge in [0.2, 0.25) is 21.8 Å². The first-order valence-electron chi connectivity index (χ1n) is 8.85. The van der Waals surface area contributed by atoms with E-state index >= 15 is 0 Å². The van der Waals surface area contributed by atoms with E-state index in [4.69, 9.17) is 20.8 Å². The number of hydrogen-bond donors (Lipinski definition) is 0. The van der Waals surface area contributed by atoms with Gasteiger partial charge in [0, 0.05) is 30.2 Å². The van der Waals surface area contributed by atoms with Crippen molar-refractivity contribution in [3.8, 4) is 28.7 Å². The van der Waals surface area contributed by atoms with Crippen molar-refractivity contribution in [2.75, 3.05) is 31.7 Å². The highest BCUT2D eigenvalue weighted by molar-refractivity contribution is 7.99. The molecule has 0 amide bonds. The summed E-state index contributed by atoms with van der Waals surface area (Å²) in [6.45, 7) is 0.986. The van der Waals surface area contributed by atoms with Gasteiger partial charge in [-0.15, -0.1) is 10.2 Å². The smallest absolute Gasteiger partial charge is 0.249 e. The van der Waals surface area contributed by atoms with Crippen LogP contribution >= 0.6 is 23.4 Å². The predicted molar refractivity (Wildman–Crippen MR) is 113 cm³/mol. The fraction of sp³-hybridized carbons (Fsp3) is 0.263. The van der Waals surface area contributed by atoms with Gasteiger partial charge in [-0.1, -0.05) is 11.6 Å². The Labute approximate surface area is 178 Å². The monoisotopic (exact) mass is 451 g/mol. The Hall–Kier alpha value is -2.07. The predicted octanol–water partition coefficient (Wildman–Crippen LogP) is 3.80. The van der Waals surface area contributed by atoms with E-state index in [0.717, 1.165) is 17.1 Å². The van der Waals surface area contributed by atoms with Crippen LogP contribution in [0, 0.1) is 0 Å². The first-order valence-corrected chi connectivity index (χ1v) is 11.8. The largest absolute Gasteiger partial charge is 0.497 e. The summed E-state index contributed by atoms with van der Waals surface area (Å²) in [5, 5.41) is 8.46. The van der Waals surface area contributed by atoms with Gasteiger partial charge in [-0.25, -0.2) is 8.42 Å². The molecule has 0 unspecified atom stereocenters. The molecule has 1 fully saturated rings. The molecule has 0 saturated carbocycles. The van der Waals surface area contributed by atoms with E-state index in [1.165, 1.54) is 16.4 Å². The number of nitrogens with zero attached hydrogens (tertiary/aromatic N) is 3. The molecule has 0 N–H and O–H groups in total. The van der Waals surface area contributed by atoms with Crippen LogP contribution in [-0.2, 0) is 10.0 Å². The van der Waals surface area contributed by atoms with Gasteiger partial charge in [0.25, 0.3) is 0 Å². The fourth-order valence-electron chi connectivity index (χ4n) is 2.95. The minimum Gasteiger partial charge on any atom is -0.497 e. The minimum absolute atomic E-state index is 0.159. The maximum atomic E-state index is 13.0. The number of methoxy groups -OCH3 is 1. The Kier molecular flexibility index (Phi) is 5.82. The van der Waals surface area contributed by atoms with Gasteiger partial charge in [-0.3, -0.25) is 0 Å². The van der Waals surface area contributed by atoms with Crippen LogP contribution in [0.25, 0.3) is 22.9 Å². The number of aromatic nitrogens is 2. The lowest BCUT2D eigenvalue weighted by atomic mass is 10.2. The molecule has 4 rings (SSSR count). The number of sulfonamides is 1. The third-order valence-electron chi connectivity index (χ3n) is 4.54. The molecule has 3 aromatic rings. The molecular formula is C19H18ClN3O4S2. The Morgan fingerprint density at radius 3 is 2.45 bits per heavy atom. The van der Waals surface area contributed by atoms with Gasteiger partial charge in [0.05, 0.1) is 22.6 Å². The van der Waals surface area contributed by atoms with Crippen LogP contribution < -0.4 is 4.74 Å². The second-order valence-corrected chi connectivity index (χ2v) is 9.87. The first-order chi connectivity index (χ1) is 14.0. The van der Waals surface area contributed by atoms with Gasteiger partial charge in [-0.2, -0.15) is 16.1 Å². The molecule has 7 nitrogen and oxygen atoms in total. The summed E-state index contributed by atoms with van der Waals surface area (Å²) < 4.78 is 38.3. The quantitative estimate of drug-likeness (QED) is 0.583. The van der Waals surface area contributed by atoms with Crippen LogP contribution in [0.15, 0.2) is 51.8 Å². The normalized spacial score (nSPS) is 15.4. The molecule has 0 aliphatic carbocycles. The molecule has 29 heavy (non-hydrogen) atoms. The first kappa shape index (κ1) is 20.2. The zero-order chi connectivity index (χ0) is 20.4. The summed E-state index contributed by atoms with van der Waals surface area (Å²) >= 11 is 8.05. The number of hydrogen-bond acceptors (Lipinski definition) is 7. The van der Waals surface area contributed by atoms with E-state index in [-0.39, 0.29) is 10.8 Å². The van der Waals surface area contributed by atoms with Crippen molar-refractivity contribution in [2.45, 2.75) is 4.90 Å². The maximum absolute atomic E-state index is 13.0. The van der Waals surface area contributed by atoms with Crippen molar-refractivity contribution in [1.82, 2.24) is 14.5 Å². The van der Waals surface area contributed by atoms with Gasteiger partial charge in [0.15, 0.2) is 0 Å². The number of thioether (sulfide) groups is 1. The van der Waals surface area contributed by atoms with E-state index in [1.807, 2.05) is 0 Å². The molecule has 2 aromatic carbocycles. The number of halogens is 1. The van der Waals surface area contributed by atoms with E-state index < -0.39 is 10.0 Å². The highest BCUT2D eigenvalue weighted by atomic mass is 35.5. The molecule has 1 aliphatic rings. The van der Waals surface area contributed by atoms with Gasteiger partial charge >= 0.3 is 0 Å². The minimum atomic E-state index is -3.60. The molecule has 152 valence electrons. The average molecular weight is 452 g/mol. The van der Waals surface area contributed by atoms with Crippen molar-refractivity contribution >= 4 is 33.4 Å². The Morgan fingerprint density at radius 1 is 1.07 bits per heavy atom. The molecule has 1 aromatic heterocycles. The van der Waals surface area contributed by atoms with Crippen LogP contribution in [0.3, 0.4) is 0 Å². The fourth-order valence-corrected chi connectivity index (χ4v) is 5.75. The van der Waals surface area contributed by atoms with E-state index in [0.29, 0.717) is 35.3 Å². The van der Waals surface area contributed by atoms with Gasteiger partial charge < -0.3 is 9.15 Å². The lowest BCUT2D eigenvalue weighted by Gasteiger charge is -2.25. The zero-order valence-corrected chi connectivity index (χ0v) is 17.9. The lowest BCUT2D eigenvalue weighted by molar-refractivity contribution is 0.415. The summed E-state index contributed by atoms with van der Waals surface area (Å²) in [5.41, 5.74) is 1.10. The van der Waals surface area contributed by atoms with Crippen LogP contribution in [0.2, 0.25) is 5.02 Å². The van der Waals surface area contributed by atoms with E-state index in [9.17, 15) is 8.42 Å². The summed E-state index contributed by atoms with van der Waals surface area (Å²) in [7, 11) is -2.02. The molecular weight excluding hydrogens is 434 g/mol. The molecule has 0 radical (unpaired) electrons. The van der Waals surface area contributed by atoms with Crippen molar-refractivity contribution in [3.05, 3.63) is 47.5 Å². The maximum Gasteiger partial charge on any atom is 0.249 e. The van der Waals surface area contributed by atoms with Crippen molar-refractivity contribution < 1.29 is 17.6 Å². The zero-order valence-electron chi connectivity index (χ0n) is 15.5. The molecule has 1 aliphatic heterocycles. The summed E-state index contributed by atoms with van der Waals surface area (Å²) in [6.07, 6.45) is 0. The SMILES string of the molecule is COc1ccc(-c2nnc(-c3cc(S(=O)(=O)N4CCSCC4)ccc3Cl)o2)cc1. The second kappa shape index (κ2) is 8.35. The highest BCUT2D eigenvalue weighted by Crippen LogP contribution is 2.33. The third kappa shape index (κ3) is 4.13. The van der Waals surface area contributed by atoms with E-state index in [1.54, 1.807) is 49.2 Å². The van der Waals surface area contributed by atoms with Crippen LogP contribution in [0.4, 0.5) is 0 Å². The molecule has 10 heteroatoms. The topological polar surface area (TPSA) is 85.5 Å². The third-order valence-corrected chi connectivity index (χ3v) is 7.70. The highest BCUT2D eigenvalue weighted by Gasteiger charge is 2.27. The summed E-state index contributed by atoms with van der Waals surface area (Å²) in [4.78, 5) is 0.160. The Morgan fingerprint density at radius 2 is 1.76 bits per heavy atom. The average Bonchev–Trinajstić information content (AvgIpc) is 3.24. The van der Waals surface area contributed by atoms with Crippen LogP contribution in [-0.4, -0.2) is 54.6 Å². The Bertz CT molecular complexity index is 1110. The van der Waals surface area contributed by atoms with Crippen LogP contribution in [0.5, 0.6) is 5.75 Å². The molecule has 2 heterocycles. The van der Waals surface area contributed by atoms with Crippen LogP contribution in [0.1, 0.15) is 0 Å².